The van der Waals surface area contributed by atoms with Gasteiger partial charge in [0.05, 0.1) is 23.8 Å². The number of aromatic nitrogens is 2. The fourth-order valence-electron chi connectivity index (χ4n) is 3.54. The van der Waals surface area contributed by atoms with Crippen molar-refractivity contribution in [1.82, 2.24) is 20.6 Å². The van der Waals surface area contributed by atoms with E-state index in [1.165, 1.54) is 19.3 Å². The number of aliphatic hydroxyl groups is 1. The Morgan fingerprint density at radius 3 is 1.35 bits per heavy atom. The summed E-state index contributed by atoms with van der Waals surface area (Å²) in [5, 5.41) is 17.8. The lowest BCUT2D eigenvalue weighted by Crippen LogP contribution is -2.49. The standard InChI is InChI=1S/C14H10BrCl4N3O.C9H7BrCl3NO2.C7H6BrNO.C5H5ClN2.C2H4O/c15-9-3-1-8(2-4-9)12(23)22-13(14(17,18)19)21-10-5-6-11(16)20-7-10;10-6-3-1-5(2-4-6)7(15)14-8(16)9(11,12)13;8-6-3-1-5(2-4-6)7(9)10;6-5-2-1-4(7)3-8-5;1-2-3/h1-7,13,21H,(H,22,23);1-4,8,16H,(H,14,15);1-4H,(H2,9,10);1-3H,7H2;2H,1H3. The molecule has 0 spiro atoms. The number of hydrogen-bond donors (Lipinski definition) is 6. The van der Waals surface area contributed by atoms with Crippen molar-refractivity contribution in [3.05, 3.63) is 150 Å². The molecule has 5 aromatic rings. The third kappa shape index (κ3) is 23.5. The van der Waals surface area contributed by atoms with Gasteiger partial charge in [0.25, 0.3) is 11.8 Å². The lowest BCUT2D eigenvalue weighted by molar-refractivity contribution is -0.106. The van der Waals surface area contributed by atoms with Crippen molar-refractivity contribution in [2.24, 2.45) is 5.73 Å². The summed E-state index contributed by atoms with van der Waals surface area (Å²) >= 11 is 55.0. The minimum atomic E-state index is -1.95. The number of rotatable bonds is 7. The molecule has 2 unspecified atom stereocenters. The van der Waals surface area contributed by atoms with E-state index in [0.29, 0.717) is 38.4 Å². The Labute approximate surface area is 410 Å². The molecule has 322 valence electrons. The molecule has 12 nitrogen and oxygen atoms in total. The SMILES string of the molecule is CC=O.NC(=O)c1ccc(Br)cc1.Nc1ccc(Cl)nc1.O=C(NC(Nc1ccc(Cl)nc1)C(Cl)(Cl)Cl)c1ccc(Br)cc1.O=C(NC(O)C(Cl)(Cl)Cl)c1ccc(Br)cc1. The zero-order chi connectivity index (χ0) is 45.6. The average Bonchev–Trinajstić information content (AvgIpc) is 3.17. The average molecular weight is 1180 g/mol. The van der Waals surface area contributed by atoms with E-state index in [9.17, 15) is 19.5 Å². The van der Waals surface area contributed by atoms with Crippen molar-refractivity contribution >= 4 is 176 Å². The lowest BCUT2D eigenvalue weighted by Gasteiger charge is -2.27. The zero-order valence-corrected chi connectivity index (χ0v) is 41.2. The van der Waals surface area contributed by atoms with Gasteiger partial charge in [0.2, 0.25) is 13.5 Å². The molecule has 0 aliphatic carbocycles. The fraction of sp³-hybridized carbons (Fsp3) is 0.135. The molecule has 60 heavy (non-hydrogen) atoms. The van der Waals surface area contributed by atoms with Crippen LogP contribution in [0.2, 0.25) is 10.3 Å². The van der Waals surface area contributed by atoms with Crippen LogP contribution >= 0.6 is 141 Å². The highest BCUT2D eigenvalue weighted by molar-refractivity contribution is 9.11. The molecule has 2 atom stereocenters. The number of nitrogens with zero attached hydrogens (tertiary/aromatic N) is 2. The number of hydrogen-bond acceptors (Lipinski definition) is 9. The Morgan fingerprint density at radius 1 is 0.650 bits per heavy atom. The molecule has 3 amide bonds. The number of nitrogens with one attached hydrogen (secondary N) is 3. The molecule has 0 aliphatic rings. The first-order valence-corrected chi connectivity index (χ1v) is 21.5. The fourth-order valence-corrected chi connectivity index (χ4v) is 5.04. The van der Waals surface area contributed by atoms with Crippen molar-refractivity contribution in [3.63, 3.8) is 0 Å². The Morgan fingerprint density at radius 2 is 1.03 bits per heavy atom. The lowest BCUT2D eigenvalue weighted by atomic mass is 10.2. The van der Waals surface area contributed by atoms with Gasteiger partial charge < -0.3 is 37.3 Å². The number of aldehydes is 1. The molecule has 0 saturated carbocycles. The molecule has 8 N–H and O–H groups in total. The number of carbonyl (C=O) groups excluding carboxylic acids is 4. The van der Waals surface area contributed by atoms with Gasteiger partial charge in [0.15, 0.2) is 6.23 Å². The number of alkyl halides is 6. The van der Waals surface area contributed by atoms with Crippen LogP contribution in [-0.4, -0.2) is 59.1 Å². The van der Waals surface area contributed by atoms with Crippen LogP contribution in [0, 0.1) is 0 Å². The van der Waals surface area contributed by atoms with Gasteiger partial charge in [-0.2, -0.15) is 0 Å². The number of amides is 3. The van der Waals surface area contributed by atoms with Crippen LogP contribution in [0.3, 0.4) is 0 Å². The van der Waals surface area contributed by atoms with Crippen molar-refractivity contribution < 1.29 is 24.3 Å². The second-order valence-electron chi connectivity index (χ2n) is 10.9. The smallest absolute Gasteiger partial charge is 0.253 e. The van der Waals surface area contributed by atoms with Crippen molar-refractivity contribution in [2.75, 3.05) is 11.1 Å². The normalized spacial score (nSPS) is 11.3. The number of pyridine rings is 2. The summed E-state index contributed by atoms with van der Waals surface area (Å²) in [6.07, 6.45) is 1.21. The Hall–Kier alpha value is -2.64. The third-order valence-corrected chi connectivity index (χ3v) is 9.62. The highest BCUT2D eigenvalue weighted by Crippen LogP contribution is 2.32. The van der Waals surface area contributed by atoms with E-state index in [-0.39, 0.29) is 5.91 Å². The van der Waals surface area contributed by atoms with Gasteiger partial charge in [-0.15, -0.1) is 0 Å². The third-order valence-electron chi connectivity index (χ3n) is 6.31. The number of nitrogen functional groups attached to an aromatic ring is 1. The first-order valence-electron chi connectivity index (χ1n) is 16.1. The molecule has 5 rings (SSSR count). The number of aliphatic hydroxyl groups excluding tert-OH is 1. The maximum absolute atomic E-state index is 12.3. The summed E-state index contributed by atoms with van der Waals surface area (Å²) < 4.78 is -1.09. The van der Waals surface area contributed by atoms with Crippen LogP contribution in [0.15, 0.2) is 123 Å². The molecule has 2 heterocycles. The summed E-state index contributed by atoms with van der Waals surface area (Å²) in [7, 11) is 0. The minimum absolute atomic E-state index is 0.333. The van der Waals surface area contributed by atoms with Gasteiger partial charge in [-0.05, 0) is 104 Å². The number of halogens is 11. The van der Waals surface area contributed by atoms with Crippen LogP contribution in [0.5, 0.6) is 0 Å². The van der Waals surface area contributed by atoms with Crippen LogP contribution < -0.4 is 27.4 Å². The van der Waals surface area contributed by atoms with Crippen LogP contribution in [-0.2, 0) is 4.79 Å². The van der Waals surface area contributed by atoms with Gasteiger partial charge in [-0.25, -0.2) is 9.97 Å². The Balaban J connectivity index is 0.000000420. The summed E-state index contributed by atoms with van der Waals surface area (Å²) in [6, 6.07) is 26.8. The van der Waals surface area contributed by atoms with Gasteiger partial charge in [0.1, 0.15) is 22.8 Å². The second kappa shape index (κ2) is 28.1. The molecule has 0 radical (unpaired) electrons. The molecule has 0 bridgehead atoms. The molecular formula is C37H32Br3Cl8N7O5. The number of carbonyl (C=O) groups is 4. The van der Waals surface area contributed by atoms with E-state index in [0.717, 1.165) is 19.7 Å². The summed E-state index contributed by atoms with van der Waals surface area (Å²) in [5.41, 5.74) is 12.8. The van der Waals surface area contributed by atoms with Crippen LogP contribution in [0.25, 0.3) is 0 Å². The molecule has 0 fully saturated rings. The molecule has 0 saturated heterocycles. The highest BCUT2D eigenvalue weighted by atomic mass is 79.9. The molecule has 2 aromatic heterocycles. The second-order valence-corrected chi connectivity index (χ2v) is 19.2. The molecule has 0 aliphatic heterocycles. The molecule has 3 aromatic carbocycles. The van der Waals surface area contributed by atoms with Gasteiger partial charge in [0, 0.05) is 30.1 Å². The largest absolute Gasteiger partial charge is 0.397 e. The van der Waals surface area contributed by atoms with E-state index in [1.54, 1.807) is 97.1 Å². The maximum atomic E-state index is 12.3. The maximum Gasteiger partial charge on any atom is 0.253 e. The molecule has 23 heteroatoms. The predicted octanol–water partition coefficient (Wildman–Crippen LogP) is 11.0. The topological polar surface area (TPSA) is 202 Å². The number of benzene rings is 3. The first-order chi connectivity index (χ1) is 28.0. The molecular weight excluding hydrogens is 1150 g/mol. The number of primary amides is 1. The minimum Gasteiger partial charge on any atom is -0.397 e. The Bertz CT molecular complexity index is 2060. The highest BCUT2D eigenvalue weighted by Gasteiger charge is 2.34. The van der Waals surface area contributed by atoms with E-state index in [2.05, 4.69) is 73.7 Å². The zero-order valence-electron chi connectivity index (χ0n) is 30.4. The predicted molar refractivity (Wildman–Crippen MR) is 255 cm³/mol. The first kappa shape index (κ1) is 55.4. The monoisotopic (exact) mass is 1170 g/mol. The van der Waals surface area contributed by atoms with Crippen molar-refractivity contribution in [3.8, 4) is 0 Å². The van der Waals surface area contributed by atoms with E-state index < -0.39 is 31.8 Å². The Kier molecular flexibility index (Phi) is 26.0. The van der Waals surface area contributed by atoms with E-state index in [4.69, 9.17) is 109 Å². The number of anilines is 2. The van der Waals surface area contributed by atoms with Gasteiger partial charge >= 0.3 is 0 Å². The van der Waals surface area contributed by atoms with Gasteiger partial charge in [-0.1, -0.05) is 141 Å². The van der Waals surface area contributed by atoms with Gasteiger partial charge in [-0.3, -0.25) is 14.4 Å². The van der Waals surface area contributed by atoms with Crippen molar-refractivity contribution in [2.45, 2.75) is 26.9 Å². The van der Waals surface area contributed by atoms with Crippen LogP contribution in [0.4, 0.5) is 11.4 Å². The summed E-state index contributed by atoms with van der Waals surface area (Å²) in [5.74, 6) is -1.30. The van der Waals surface area contributed by atoms with E-state index >= 15 is 0 Å². The summed E-state index contributed by atoms with van der Waals surface area (Å²) in [4.78, 5) is 50.8. The summed E-state index contributed by atoms with van der Waals surface area (Å²) in [6.45, 7) is 1.44. The number of nitrogens with two attached hydrogens (primary N) is 2. The van der Waals surface area contributed by atoms with E-state index in [1.807, 2.05) is 0 Å². The van der Waals surface area contributed by atoms with Crippen molar-refractivity contribution in [1.29, 1.82) is 0 Å². The van der Waals surface area contributed by atoms with Crippen LogP contribution in [0.1, 0.15) is 38.0 Å². The quantitative estimate of drug-likeness (QED) is 0.0397.